The van der Waals surface area contributed by atoms with E-state index in [4.69, 9.17) is 5.11 Å². The van der Waals surface area contributed by atoms with Gasteiger partial charge in [0.05, 0.1) is 11.7 Å². The zero-order valence-corrected chi connectivity index (χ0v) is 6.97. The van der Waals surface area contributed by atoms with E-state index in [1.54, 1.807) is 0 Å². The summed E-state index contributed by atoms with van der Waals surface area (Å²) in [6.07, 6.45) is -5.04. The van der Waals surface area contributed by atoms with Crippen molar-refractivity contribution in [2.24, 2.45) is 0 Å². The molecule has 1 N–H and O–H groups in total. The summed E-state index contributed by atoms with van der Waals surface area (Å²) in [4.78, 5) is 0. The Morgan fingerprint density at radius 3 is 1.92 bits per heavy atom. The van der Waals surface area contributed by atoms with Crippen LogP contribution in [0.4, 0.5) is 13.2 Å². The van der Waals surface area contributed by atoms with Gasteiger partial charge in [-0.3, -0.25) is 0 Å². The lowest BCUT2D eigenvalue weighted by molar-refractivity contribution is -0.137. The lowest BCUT2D eigenvalue weighted by atomic mass is 10.1. The molecule has 1 aromatic carbocycles. The van der Waals surface area contributed by atoms with Gasteiger partial charge in [0.2, 0.25) is 0 Å². The third-order valence-electron chi connectivity index (χ3n) is 1.72. The van der Waals surface area contributed by atoms with Crippen LogP contribution in [0.3, 0.4) is 0 Å². The van der Waals surface area contributed by atoms with Gasteiger partial charge in [-0.1, -0.05) is 12.1 Å². The minimum absolute atomic E-state index is 0.480. The van der Waals surface area contributed by atoms with Gasteiger partial charge in [-0.05, 0) is 24.6 Å². The molecule has 1 atom stereocenters. The molecule has 1 aromatic rings. The molecule has 0 spiro atoms. The third kappa shape index (κ3) is 2.45. The van der Waals surface area contributed by atoms with Gasteiger partial charge >= 0.3 is 6.18 Å². The molecular weight excluding hydrogens is 181 g/mol. The van der Waals surface area contributed by atoms with Crippen LogP contribution in [-0.4, -0.2) is 5.11 Å². The van der Waals surface area contributed by atoms with Crippen LogP contribution in [0.25, 0.3) is 0 Å². The van der Waals surface area contributed by atoms with Crippen molar-refractivity contribution in [2.75, 3.05) is 0 Å². The smallest absolute Gasteiger partial charge is 0.389 e. The maximum absolute atomic E-state index is 12.1. The van der Waals surface area contributed by atoms with Crippen molar-refractivity contribution in [2.45, 2.75) is 19.2 Å². The molecule has 0 aliphatic rings. The average molecular weight is 190 g/mol. The molecule has 4 heteroatoms. The summed E-state index contributed by atoms with van der Waals surface area (Å²) in [6, 6.07) is 4.46. The Kier molecular flexibility index (Phi) is 2.61. The first-order valence-electron chi connectivity index (χ1n) is 3.76. The van der Waals surface area contributed by atoms with Crippen LogP contribution in [-0.2, 0) is 6.18 Å². The van der Waals surface area contributed by atoms with Crippen molar-refractivity contribution in [3.8, 4) is 0 Å². The fourth-order valence-corrected chi connectivity index (χ4v) is 0.951. The standard InChI is InChI=1S/C9H9F3O/c1-6(13)7-2-4-8(5-3-7)9(10,11)12/h2-6,13H,1H3/t6-/m0/s1. The van der Waals surface area contributed by atoms with Crippen LogP contribution in [0.5, 0.6) is 0 Å². The van der Waals surface area contributed by atoms with E-state index in [2.05, 4.69) is 0 Å². The number of hydrogen-bond donors (Lipinski definition) is 1. The molecule has 0 aromatic heterocycles. The van der Waals surface area contributed by atoms with Crippen LogP contribution in [0.1, 0.15) is 24.2 Å². The molecule has 0 aliphatic heterocycles. The Morgan fingerprint density at radius 2 is 1.62 bits per heavy atom. The van der Waals surface area contributed by atoms with Gasteiger partial charge in [0.1, 0.15) is 0 Å². The summed E-state index contributed by atoms with van der Waals surface area (Å²) in [7, 11) is 0. The van der Waals surface area contributed by atoms with Crippen molar-refractivity contribution >= 4 is 0 Å². The summed E-state index contributed by atoms with van der Waals surface area (Å²) >= 11 is 0. The number of benzene rings is 1. The van der Waals surface area contributed by atoms with Gasteiger partial charge in [-0.2, -0.15) is 13.2 Å². The van der Waals surface area contributed by atoms with E-state index in [-0.39, 0.29) is 0 Å². The predicted molar refractivity (Wildman–Crippen MR) is 42.1 cm³/mol. The van der Waals surface area contributed by atoms with E-state index >= 15 is 0 Å². The molecule has 0 fully saturated rings. The highest BCUT2D eigenvalue weighted by Crippen LogP contribution is 2.29. The van der Waals surface area contributed by atoms with Crippen molar-refractivity contribution in [3.63, 3.8) is 0 Å². The molecule has 0 radical (unpaired) electrons. The molecule has 0 unspecified atom stereocenters. The van der Waals surface area contributed by atoms with E-state index in [9.17, 15) is 13.2 Å². The Morgan fingerprint density at radius 1 is 1.15 bits per heavy atom. The molecule has 72 valence electrons. The maximum atomic E-state index is 12.1. The molecular formula is C9H9F3O. The molecule has 13 heavy (non-hydrogen) atoms. The van der Waals surface area contributed by atoms with Crippen molar-refractivity contribution in [1.29, 1.82) is 0 Å². The first kappa shape index (κ1) is 10.1. The van der Waals surface area contributed by atoms with E-state index < -0.39 is 17.8 Å². The van der Waals surface area contributed by atoms with Gasteiger partial charge in [-0.15, -0.1) is 0 Å². The fraction of sp³-hybridized carbons (Fsp3) is 0.333. The SMILES string of the molecule is C[C@H](O)c1ccc(C(F)(F)F)cc1. The molecule has 0 amide bonds. The van der Waals surface area contributed by atoms with Gasteiger partial charge in [-0.25, -0.2) is 0 Å². The Hall–Kier alpha value is -1.03. The molecule has 0 aliphatic carbocycles. The van der Waals surface area contributed by atoms with Crippen molar-refractivity contribution in [3.05, 3.63) is 35.4 Å². The molecule has 0 bridgehead atoms. The summed E-state index contributed by atoms with van der Waals surface area (Å²) in [5, 5.41) is 9.04. The van der Waals surface area contributed by atoms with Crippen molar-refractivity contribution < 1.29 is 18.3 Å². The second-order valence-electron chi connectivity index (χ2n) is 2.80. The monoisotopic (exact) mass is 190 g/mol. The van der Waals surface area contributed by atoms with Gasteiger partial charge in [0.15, 0.2) is 0 Å². The molecule has 0 saturated heterocycles. The number of alkyl halides is 3. The highest BCUT2D eigenvalue weighted by atomic mass is 19.4. The third-order valence-corrected chi connectivity index (χ3v) is 1.72. The number of rotatable bonds is 1. The quantitative estimate of drug-likeness (QED) is 0.721. The second-order valence-corrected chi connectivity index (χ2v) is 2.80. The zero-order chi connectivity index (χ0) is 10.1. The highest BCUT2D eigenvalue weighted by Gasteiger charge is 2.29. The van der Waals surface area contributed by atoms with Crippen LogP contribution in [0.2, 0.25) is 0 Å². The van der Waals surface area contributed by atoms with Gasteiger partial charge < -0.3 is 5.11 Å². The van der Waals surface area contributed by atoms with Gasteiger partial charge in [0.25, 0.3) is 0 Å². The van der Waals surface area contributed by atoms with Crippen LogP contribution in [0, 0.1) is 0 Å². The summed E-state index contributed by atoms with van der Waals surface area (Å²) < 4.78 is 36.2. The van der Waals surface area contributed by atoms with Crippen LogP contribution < -0.4 is 0 Å². The lowest BCUT2D eigenvalue weighted by Gasteiger charge is -2.08. The second kappa shape index (κ2) is 3.38. The topological polar surface area (TPSA) is 20.2 Å². The zero-order valence-electron chi connectivity index (χ0n) is 6.97. The number of halogens is 3. The number of aliphatic hydroxyl groups is 1. The average Bonchev–Trinajstić information content (AvgIpc) is 2.03. The number of aliphatic hydroxyl groups excluding tert-OH is 1. The predicted octanol–water partition coefficient (Wildman–Crippen LogP) is 2.76. The Balaban J connectivity index is 2.94. The first-order valence-corrected chi connectivity index (χ1v) is 3.76. The van der Waals surface area contributed by atoms with Crippen LogP contribution >= 0.6 is 0 Å². The van der Waals surface area contributed by atoms with E-state index in [1.165, 1.54) is 19.1 Å². The van der Waals surface area contributed by atoms with Crippen LogP contribution in [0.15, 0.2) is 24.3 Å². The Bertz CT molecular complexity index is 274. The maximum Gasteiger partial charge on any atom is 0.416 e. The van der Waals surface area contributed by atoms with Crippen molar-refractivity contribution in [1.82, 2.24) is 0 Å². The normalized spacial score (nSPS) is 14.2. The minimum Gasteiger partial charge on any atom is -0.389 e. The molecule has 0 heterocycles. The fourth-order valence-electron chi connectivity index (χ4n) is 0.951. The molecule has 0 saturated carbocycles. The minimum atomic E-state index is -4.31. The molecule has 1 rings (SSSR count). The van der Waals surface area contributed by atoms with E-state index in [0.717, 1.165) is 12.1 Å². The molecule has 1 nitrogen and oxygen atoms in total. The summed E-state index contributed by atoms with van der Waals surface area (Å²) in [5.41, 5.74) is -0.218. The Labute approximate surface area is 73.8 Å². The largest absolute Gasteiger partial charge is 0.416 e. The highest BCUT2D eigenvalue weighted by molar-refractivity contribution is 5.25. The lowest BCUT2D eigenvalue weighted by Crippen LogP contribution is -2.04. The summed E-state index contributed by atoms with van der Waals surface area (Å²) in [6.45, 7) is 1.50. The van der Waals surface area contributed by atoms with E-state index in [1.807, 2.05) is 0 Å². The summed E-state index contributed by atoms with van der Waals surface area (Å²) in [5.74, 6) is 0. The van der Waals surface area contributed by atoms with E-state index in [0.29, 0.717) is 5.56 Å². The first-order chi connectivity index (χ1) is 5.91. The number of hydrogen-bond acceptors (Lipinski definition) is 1. The van der Waals surface area contributed by atoms with Gasteiger partial charge in [0, 0.05) is 0 Å².